The smallest absolute Gasteiger partial charge is 0.311 e. The fourth-order valence-corrected chi connectivity index (χ4v) is 4.22. The number of rotatable bonds is 14. The van der Waals surface area contributed by atoms with Gasteiger partial charge in [0, 0.05) is 22.2 Å². The average molecular weight is 561 g/mol. The monoisotopic (exact) mass is 559 g/mol. The quantitative estimate of drug-likeness (QED) is 0.142. The average Bonchev–Trinajstić information content (AvgIpc) is 2.87. The number of halogens is 2. The second-order valence-electron chi connectivity index (χ2n) is 9.78. The third-order valence-corrected chi connectivity index (χ3v) is 6.41. The van der Waals surface area contributed by atoms with E-state index in [1.807, 2.05) is 42.5 Å². The molecule has 0 saturated heterocycles. The highest BCUT2D eigenvalue weighted by Gasteiger charge is 2.20. The van der Waals surface area contributed by atoms with Gasteiger partial charge in [0.2, 0.25) is 0 Å². The van der Waals surface area contributed by atoms with Gasteiger partial charge in [0.1, 0.15) is 6.54 Å². The van der Waals surface area contributed by atoms with Crippen molar-refractivity contribution in [2.75, 3.05) is 33.8 Å². The van der Waals surface area contributed by atoms with E-state index < -0.39 is 4.92 Å². The molecule has 1 N–H and O–H groups in total. The Bertz CT molecular complexity index is 1170. The Labute approximate surface area is 235 Å². The molecule has 0 radical (unpaired) electrons. The molecule has 0 aliphatic rings. The minimum absolute atomic E-state index is 0. The molecule has 3 rings (SSSR count). The molecule has 1 amide bonds. The minimum atomic E-state index is -0.506. The van der Waals surface area contributed by atoms with Gasteiger partial charge < -0.3 is 26.9 Å². The maximum absolute atomic E-state index is 12.7. The highest BCUT2D eigenvalue weighted by Crippen LogP contribution is 2.28. The molecule has 0 atom stereocenters. The standard InChI is InChI=1S/C29H34ClN3O4.ClH/c1-33(2,22-24-12-15-26(30)16-13-24)19-18-31-29(34)25-14-17-28(27(21-25)32(35)36)37-20-8-4-7-11-23-9-5-3-6-10-23;/h3,5-6,9-10,12-17,21H,4,7-8,11,18-20,22H2,1-2H3;1H. The van der Waals surface area contributed by atoms with Gasteiger partial charge in [-0.1, -0.05) is 54.1 Å². The molecular formula is C29H35Cl2N3O4. The van der Waals surface area contributed by atoms with Crippen molar-refractivity contribution in [3.05, 3.63) is 105 Å². The van der Waals surface area contributed by atoms with Crippen LogP contribution in [0, 0.1) is 10.1 Å². The maximum atomic E-state index is 12.7. The number of nitro groups is 1. The second-order valence-corrected chi connectivity index (χ2v) is 10.2. The first-order chi connectivity index (χ1) is 17.7. The molecule has 7 nitrogen and oxygen atoms in total. The summed E-state index contributed by atoms with van der Waals surface area (Å²) in [5.74, 6) is -0.160. The number of nitrogens with one attached hydrogen (secondary N) is 1. The largest absolute Gasteiger partial charge is 1.00 e. The zero-order valence-electron chi connectivity index (χ0n) is 21.9. The van der Waals surface area contributed by atoms with E-state index in [4.69, 9.17) is 16.3 Å². The first-order valence-corrected chi connectivity index (χ1v) is 12.9. The van der Waals surface area contributed by atoms with E-state index in [2.05, 4.69) is 31.5 Å². The molecule has 38 heavy (non-hydrogen) atoms. The number of carbonyl (C=O) groups is 1. The molecule has 0 aliphatic heterocycles. The summed E-state index contributed by atoms with van der Waals surface area (Å²) in [7, 11) is 4.17. The number of amides is 1. The van der Waals surface area contributed by atoms with Crippen molar-refractivity contribution in [3.63, 3.8) is 0 Å². The Morgan fingerprint density at radius 3 is 2.37 bits per heavy atom. The number of aryl methyl sites for hydroxylation is 1. The van der Waals surface area contributed by atoms with Gasteiger partial charge in [-0.2, -0.15) is 0 Å². The number of ether oxygens (including phenoxy) is 1. The molecule has 0 aliphatic carbocycles. The van der Waals surface area contributed by atoms with E-state index in [-0.39, 0.29) is 35.3 Å². The first kappa shape index (κ1) is 31.1. The van der Waals surface area contributed by atoms with Crippen LogP contribution < -0.4 is 22.5 Å². The number of nitrogens with zero attached hydrogens (tertiary/aromatic N) is 2. The third kappa shape index (κ3) is 10.3. The summed E-state index contributed by atoms with van der Waals surface area (Å²) in [5, 5.41) is 15.2. The van der Waals surface area contributed by atoms with E-state index in [1.54, 1.807) is 6.07 Å². The SMILES string of the molecule is C[N+](C)(CCNC(=O)c1ccc(OCCCCCc2ccccc2)c([N+](=O)[O-])c1)Cc1ccc(Cl)cc1.[Cl-]. The van der Waals surface area contributed by atoms with Gasteiger partial charge in [-0.15, -0.1) is 0 Å². The lowest BCUT2D eigenvalue weighted by molar-refractivity contribution is -0.902. The van der Waals surface area contributed by atoms with E-state index >= 15 is 0 Å². The summed E-state index contributed by atoms with van der Waals surface area (Å²) in [5.41, 5.74) is 2.50. The number of nitro benzene ring substituents is 1. The van der Waals surface area contributed by atoms with Crippen LogP contribution in [0.25, 0.3) is 0 Å². The molecular weight excluding hydrogens is 525 g/mol. The molecule has 0 aromatic heterocycles. The van der Waals surface area contributed by atoms with Gasteiger partial charge in [-0.25, -0.2) is 0 Å². The lowest BCUT2D eigenvalue weighted by Crippen LogP contribution is -3.00. The Hall–Kier alpha value is -3.13. The van der Waals surface area contributed by atoms with Crippen molar-refractivity contribution in [2.45, 2.75) is 32.2 Å². The number of likely N-dealkylation sites (N-methyl/N-ethyl adjacent to an activating group) is 1. The van der Waals surface area contributed by atoms with E-state index in [1.165, 1.54) is 17.7 Å². The van der Waals surface area contributed by atoms with Crippen LogP contribution in [0.15, 0.2) is 72.8 Å². The van der Waals surface area contributed by atoms with Crippen molar-refractivity contribution in [3.8, 4) is 5.75 Å². The molecule has 0 spiro atoms. The summed E-state index contributed by atoms with van der Waals surface area (Å²) >= 11 is 5.96. The fourth-order valence-electron chi connectivity index (χ4n) is 4.10. The molecule has 3 aromatic rings. The predicted molar refractivity (Wildman–Crippen MR) is 147 cm³/mol. The van der Waals surface area contributed by atoms with Crippen molar-refractivity contribution >= 4 is 23.2 Å². The molecule has 0 unspecified atom stereocenters. The molecule has 0 bridgehead atoms. The minimum Gasteiger partial charge on any atom is -1.00 e. The summed E-state index contributed by atoms with van der Waals surface area (Å²) in [6.45, 7) is 2.31. The summed E-state index contributed by atoms with van der Waals surface area (Å²) < 4.78 is 6.36. The van der Waals surface area contributed by atoms with Gasteiger partial charge in [0.25, 0.3) is 5.91 Å². The topological polar surface area (TPSA) is 81.5 Å². The van der Waals surface area contributed by atoms with Gasteiger partial charge in [0.15, 0.2) is 5.75 Å². The van der Waals surface area contributed by atoms with Crippen molar-refractivity contribution < 1.29 is 31.3 Å². The van der Waals surface area contributed by atoms with E-state index in [0.717, 1.165) is 37.8 Å². The van der Waals surface area contributed by atoms with Crippen LogP contribution in [0.1, 0.15) is 40.7 Å². The fraction of sp³-hybridized carbons (Fsp3) is 0.345. The lowest BCUT2D eigenvalue weighted by atomic mass is 10.1. The molecule has 0 heterocycles. The van der Waals surface area contributed by atoms with Crippen LogP contribution in [0.2, 0.25) is 5.02 Å². The van der Waals surface area contributed by atoms with Crippen molar-refractivity contribution in [1.82, 2.24) is 5.32 Å². The highest BCUT2D eigenvalue weighted by molar-refractivity contribution is 6.30. The zero-order valence-corrected chi connectivity index (χ0v) is 23.4. The molecule has 9 heteroatoms. The lowest BCUT2D eigenvalue weighted by Gasteiger charge is -2.30. The van der Waals surface area contributed by atoms with E-state index in [0.29, 0.717) is 29.2 Å². The molecule has 3 aromatic carbocycles. The van der Waals surface area contributed by atoms with Crippen molar-refractivity contribution in [2.24, 2.45) is 0 Å². The van der Waals surface area contributed by atoms with Crippen LogP contribution in [0.3, 0.4) is 0 Å². The Morgan fingerprint density at radius 1 is 0.974 bits per heavy atom. The van der Waals surface area contributed by atoms with Crippen LogP contribution in [0.4, 0.5) is 5.69 Å². The maximum Gasteiger partial charge on any atom is 0.311 e. The van der Waals surface area contributed by atoms with Crippen molar-refractivity contribution in [1.29, 1.82) is 0 Å². The van der Waals surface area contributed by atoms with Crippen LogP contribution in [0.5, 0.6) is 5.75 Å². The summed E-state index contributed by atoms with van der Waals surface area (Å²) in [4.78, 5) is 23.8. The van der Waals surface area contributed by atoms with Gasteiger partial charge in [-0.3, -0.25) is 14.9 Å². The second kappa shape index (κ2) is 15.3. The highest BCUT2D eigenvalue weighted by atomic mass is 35.5. The number of quaternary nitrogens is 1. The van der Waals surface area contributed by atoms with Gasteiger partial charge in [-0.05, 0) is 55.5 Å². The predicted octanol–water partition coefficient (Wildman–Crippen LogP) is 3.05. The van der Waals surface area contributed by atoms with Crippen LogP contribution in [-0.2, 0) is 13.0 Å². The molecule has 204 valence electrons. The Kier molecular flexibility index (Phi) is 12.5. The number of hydrogen-bond acceptors (Lipinski definition) is 4. The van der Waals surface area contributed by atoms with E-state index in [9.17, 15) is 14.9 Å². The Morgan fingerprint density at radius 2 is 1.68 bits per heavy atom. The molecule has 0 fully saturated rings. The van der Waals surface area contributed by atoms with Gasteiger partial charge in [0.05, 0.1) is 38.7 Å². The zero-order chi connectivity index (χ0) is 26.7. The Balaban J connectivity index is 0.00000507. The van der Waals surface area contributed by atoms with Gasteiger partial charge >= 0.3 is 5.69 Å². The number of hydrogen-bond donors (Lipinski definition) is 1. The molecule has 0 saturated carbocycles. The first-order valence-electron chi connectivity index (χ1n) is 12.5. The normalized spacial score (nSPS) is 10.9. The summed E-state index contributed by atoms with van der Waals surface area (Å²) in [6, 6.07) is 22.4. The van der Waals surface area contributed by atoms with Crippen LogP contribution >= 0.6 is 11.6 Å². The van der Waals surface area contributed by atoms with Crippen LogP contribution in [-0.4, -0.2) is 49.1 Å². The number of carbonyl (C=O) groups excluding carboxylic acids is 1. The third-order valence-electron chi connectivity index (χ3n) is 6.15. The number of unbranched alkanes of at least 4 members (excludes halogenated alkanes) is 2. The number of benzene rings is 3. The summed E-state index contributed by atoms with van der Waals surface area (Å²) in [6.07, 6.45) is 3.80.